The van der Waals surface area contributed by atoms with E-state index in [0.717, 1.165) is 117 Å². The van der Waals surface area contributed by atoms with Gasteiger partial charge in [0.1, 0.15) is 16.7 Å². The molecular formula is C138H87N3O3S3. The van der Waals surface area contributed by atoms with Crippen molar-refractivity contribution in [3.05, 3.63) is 528 Å². The Morgan fingerprint density at radius 1 is 0.150 bits per heavy atom. The molecule has 0 aliphatic rings. The number of furan rings is 3. The lowest BCUT2D eigenvalue weighted by atomic mass is 9.92. The molecule has 0 spiro atoms. The molecular weight excluding hydrogens is 1840 g/mol. The van der Waals surface area contributed by atoms with Gasteiger partial charge in [-0.15, -0.1) is 34.0 Å². The minimum Gasteiger partial charge on any atom is -0.455 e. The van der Waals surface area contributed by atoms with Crippen molar-refractivity contribution in [2.75, 3.05) is 14.7 Å². The number of hydrogen-bond acceptors (Lipinski definition) is 9. The summed E-state index contributed by atoms with van der Waals surface area (Å²) in [5.74, 6) is 0. The third-order valence-electron chi connectivity index (χ3n) is 29.0. The summed E-state index contributed by atoms with van der Waals surface area (Å²) in [4.78, 5) is 7.11. The summed E-state index contributed by atoms with van der Waals surface area (Å²) >= 11 is 5.45. The second-order valence-electron chi connectivity index (χ2n) is 37.5. The maximum Gasteiger partial charge on any atom is 0.153 e. The summed E-state index contributed by atoms with van der Waals surface area (Å²) in [6.07, 6.45) is 0. The Labute approximate surface area is 859 Å². The summed E-state index contributed by atoms with van der Waals surface area (Å²) in [5, 5.41) is 21.8. The molecule has 147 heavy (non-hydrogen) atoms. The second-order valence-corrected chi connectivity index (χ2v) is 40.6. The van der Waals surface area contributed by atoms with Crippen molar-refractivity contribution in [3.63, 3.8) is 0 Å². The standard InChI is InChI=1S/C50H31NOS.C48H31NOS.C40H25NOS/c1-2-13-35-29-36(24-23-32(35)11-1)33-25-27-38(28-26-33)51(45-20-10-14-34-12-3-4-17-40(34)45)39-16-9-15-37(30-39)43-31-44-41-18-5-7-21-46(41)52-49(44)50-48(43)42-19-6-8-22-47(42)53-50;1-3-11-32(12-4-1)34-19-25-37(26-20-34)49(38-27-21-35(22-28-38)33-13-5-2-6-14-33)39-29-23-36(24-30-39)42-31-43-40-15-7-9-17-44(40)50-47(43)48-46(42)41-16-8-10-18-45(41)51-48;1-3-13-26(14-4-1)41(27-15-5-2-6-16-27)35-24-23-29(28-17-7-8-18-30(28)35)33-25-34-31-19-9-11-21-36(31)42-39(34)40-38(33)32-20-10-12-22-37(32)43-40/h1-31H;1-31H;1-25H. The van der Waals surface area contributed by atoms with Gasteiger partial charge in [-0.2, -0.15) is 0 Å². The second kappa shape index (κ2) is 36.5. The fraction of sp³-hybridized carbons (Fsp3) is 0. The molecule has 0 N–H and O–H groups in total. The van der Waals surface area contributed by atoms with Crippen LogP contribution in [0.3, 0.4) is 0 Å². The van der Waals surface area contributed by atoms with Crippen LogP contribution in [0.15, 0.2) is 541 Å². The van der Waals surface area contributed by atoms with E-state index in [4.69, 9.17) is 13.3 Å². The molecule has 0 bridgehead atoms. The minimum absolute atomic E-state index is 0.918. The van der Waals surface area contributed by atoms with Gasteiger partial charge in [0.05, 0.1) is 25.5 Å². The fourth-order valence-electron chi connectivity index (χ4n) is 22.1. The average Bonchev–Trinajstić information content (AvgIpc) is 1.57. The van der Waals surface area contributed by atoms with Gasteiger partial charge in [0, 0.05) is 129 Å². The molecule has 6 heterocycles. The van der Waals surface area contributed by atoms with Gasteiger partial charge in [-0.3, -0.25) is 0 Å². The quantitative estimate of drug-likeness (QED) is 0.102. The number of hydrogen-bond donors (Lipinski definition) is 0. The van der Waals surface area contributed by atoms with E-state index in [2.05, 4.69) is 524 Å². The minimum atomic E-state index is 0.918. The van der Waals surface area contributed by atoms with E-state index in [1.807, 2.05) is 52.2 Å². The lowest BCUT2D eigenvalue weighted by molar-refractivity contribution is 0.673. The molecule has 0 aliphatic carbocycles. The van der Waals surface area contributed by atoms with Crippen molar-refractivity contribution < 1.29 is 13.3 Å². The first-order valence-electron chi connectivity index (χ1n) is 49.8. The molecule has 0 atom stereocenters. The van der Waals surface area contributed by atoms with Crippen molar-refractivity contribution >= 4 is 244 Å². The Balaban J connectivity index is 0.000000107. The predicted octanol–water partition coefficient (Wildman–Crippen LogP) is 41.7. The number of anilines is 9. The van der Waals surface area contributed by atoms with E-state index in [1.165, 1.54) is 160 Å². The van der Waals surface area contributed by atoms with E-state index in [1.54, 1.807) is 0 Å². The average molecular weight is 1930 g/mol. The topological polar surface area (TPSA) is 49.1 Å². The maximum atomic E-state index is 6.57. The van der Waals surface area contributed by atoms with Crippen LogP contribution in [0.2, 0.25) is 0 Å². The van der Waals surface area contributed by atoms with Gasteiger partial charge >= 0.3 is 0 Å². The van der Waals surface area contributed by atoms with Gasteiger partial charge in [0.2, 0.25) is 0 Å². The van der Waals surface area contributed by atoms with Crippen LogP contribution in [-0.2, 0) is 0 Å². The number of rotatable bonds is 15. The number of fused-ring (bicyclic) bond motifs is 24. The van der Waals surface area contributed by atoms with Crippen LogP contribution >= 0.6 is 34.0 Å². The summed E-state index contributed by atoms with van der Waals surface area (Å²) in [6.45, 7) is 0. The van der Waals surface area contributed by atoms with Gasteiger partial charge in [-0.05, 0) is 246 Å². The normalized spacial score (nSPS) is 11.7. The number of thiophene rings is 3. The molecule has 6 nitrogen and oxygen atoms in total. The van der Waals surface area contributed by atoms with Crippen LogP contribution < -0.4 is 14.7 Å². The van der Waals surface area contributed by atoms with E-state index in [9.17, 15) is 0 Å². The molecule has 24 aromatic carbocycles. The van der Waals surface area contributed by atoms with E-state index in [-0.39, 0.29) is 0 Å². The number of para-hydroxylation sites is 5. The summed E-state index contributed by atoms with van der Waals surface area (Å²) < 4.78 is 27.0. The number of benzene rings is 24. The molecule has 30 aromatic rings. The van der Waals surface area contributed by atoms with Crippen LogP contribution in [0.5, 0.6) is 0 Å². The summed E-state index contributed by atoms with van der Waals surface area (Å²) in [6, 6.07) is 189. The van der Waals surface area contributed by atoms with Crippen molar-refractivity contribution in [1.29, 1.82) is 0 Å². The highest BCUT2D eigenvalue weighted by Crippen LogP contribution is 2.55. The van der Waals surface area contributed by atoms with Crippen LogP contribution in [-0.4, -0.2) is 0 Å². The zero-order valence-corrected chi connectivity index (χ0v) is 82.0. The lowest BCUT2D eigenvalue weighted by Crippen LogP contribution is -2.10. The van der Waals surface area contributed by atoms with Crippen LogP contribution in [0.1, 0.15) is 0 Å². The zero-order chi connectivity index (χ0) is 96.9. The summed E-state index contributed by atoms with van der Waals surface area (Å²) in [5.41, 5.74) is 30.2. The molecule has 0 saturated carbocycles. The molecule has 690 valence electrons. The zero-order valence-electron chi connectivity index (χ0n) is 79.5. The molecule has 0 unspecified atom stereocenters. The Morgan fingerprint density at radius 3 is 0.952 bits per heavy atom. The molecule has 9 heteroatoms. The molecule has 0 amide bonds. The monoisotopic (exact) mass is 1930 g/mol. The van der Waals surface area contributed by atoms with Crippen LogP contribution in [0, 0.1) is 0 Å². The van der Waals surface area contributed by atoms with Crippen LogP contribution in [0.4, 0.5) is 51.2 Å². The third kappa shape index (κ3) is 15.3. The Hall–Kier alpha value is -18.5. The molecule has 0 aliphatic heterocycles. The third-order valence-corrected chi connectivity index (χ3v) is 32.5. The first kappa shape index (κ1) is 86.4. The molecule has 0 radical (unpaired) electrons. The molecule has 0 saturated heterocycles. The van der Waals surface area contributed by atoms with E-state index < -0.39 is 0 Å². The molecule has 30 rings (SSSR count). The first-order valence-corrected chi connectivity index (χ1v) is 52.2. The van der Waals surface area contributed by atoms with Gasteiger partial charge in [0.25, 0.3) is 0 Å². The van der Waals surface area contributed by atoms with Crippen molar-refractivity contribution in [2.45, 2.75) is 0 Å². The maximum absolute atomic E-state index is 6.57. The Bertz CT molecular complexity index is 10200. The van der Waals surface area contributed by atoms with Gasteiger partial charge in [-0.1, -0.05) is 370 Å². The van der Waals surface area contributed by atoms with Crippen LogP contribution in [0.25, 0.3) is 225 Å². The lowest BCUT2D eigenvalue weighted by Gasteiger charge is -2.27. The fourth-order valence-corrected chi connectivity index (χ4v) is 25.7. The largest absolute Gasteiger partial charge is 0.455 e. The smallest absolute Gasteiger partial charge is 0.153 e. The number of nitrogens with zero attached hydrogens (tertiary/aromatic N) is 3. The van der Waals surface area contributed by atoms with Crippen molar-refractivity contribution in [3.8, 4) is 66.8 Å². The summed E-state index contributed by atoms with van der Waals surface area (Å²) in [7, 11) is 0. The molecule has 0 fully saturated rings. The highest BCUT2D eigenvalue weighted by molar-refractivity contribution is 7.27. The molecule has 6 aromatic heterocycles. The Morgan fingerprint density at radius 2 is 0.463 bits per heavy atom. The van der Waals surface area contributed by atoms with Gasteiger partial charge in [-0.25, -0.2) is 0 Å². The van der Waals surface area contributed by atoms with Gasteiger partial charge in [0.15, 0.2) is 16.7 Å². The van der Waals surface area contributed by atoms with E-state index >= 15 is 0 Å². The highest BCUT2D eigenvalue weighted by atomic mass is 32.1. The highest BCUT2D eigenvalue weighted by Gasteiger charge is 2.28. The first-order chi connectivity index (χ1) is 72.9. The van der Waals surface area contributed by atoms with Crippen molar-refractivity contribution in [1.82, 2.24) is 0 Å². The predicted molar refractivity (Wildman–Crippen MR) is 629 cm³/mol. The van der Waals surface area contributed by atoms with Crippen molar-refractivity contribution in [2.24, 2.45) is 0 Å². The Kier molecular flexibility index (Phi) is 21.4. The van der Waals surface area contributed by atoms with E-state index in [0.29, 0.717) is 0 Å². The SMILES string of the molecule is c1cc(-c2cc3c4ccccc4oc3c3sc4ccccc4c23)cc(N(c2ccc(-c3ccc4ccccc4c3)cc2)c2cccc3ccccc23)c1.c1ccc(-c2ccc(N(c3ccc(-c4ccccc4)cc3)c3ccc(-c4cc5c6ccccc6oc5c5sc6ccccc6c45)cc3)cc2)cc1.c1ccc(N(c2ccccc2)c2ccc(-c3cc4c5ccccc5oc4c4sc5ccccc5c34)c3ccccc23)cc1. The van der Waals surface area contributed by atoms with Gasteiger partial charge < -0.3 is 28.0 Å².